The Morgan fingerprint density at radius 2 is 0.924 bits per heavy atom. The Balaban J connectivity index is 1.07. The van der Waals surface area contributed by atoms with Gasteiger partial charge >= 0.3 is 0 Å². The highest BCUT2D eigenvalue weighted by molar-refractivity contribution is 7.17. The van der Waals surface area contributed by atoms with Crippen LogP contribution in [0.15, 0.2) is 71.1 Å². The number of carbonyl (C=O) groups is 2. The average molecular weight is 915 g/mol. The molecule has 14 heteroatoms. The van der Waals surface area contributed by atoms with Gasteiger partial charge in [-0.3, -0.25) is 9.59 Å². The summed E-state index contributed by atoms with van der Waals surface area (Å²) >= 11 is 2.82. The van der Waals surface area contributed by atoms with Crippen molar-refractivity contribution < 1.29 is 36.6 Å². The summed E-state index contributed by atoms with van der Waals surface area (Å²) in [6, 6.07) is 14.9. The van der Waals surface area contributed by atoms with Gasteiger partial charge in [0, 0.05) is 75.2 Å². The van der Waals surface area contributed by atoms with Crippen LogP contribution in [0.25, 0.3) is 53.9 Å². The smallest absolute Gasteiger partial charge is 0.270 e. The van der Waals surface area contributed by atoms with Crippen molar-refractivity contribution >= 4 is 57.5 Å². The van der Waals surface area contributed by atoms with E-state index in [4.69, 9.17) is 22.6 Å². The van der Waals surface area contributed by atoms with E-state index in [2.05, 4.69) is 9.69 Å². The number of carbonyl (C=O) groups excluding carboxylic acids is 2. The fraction of sp³-hybridized carbons (Fsp3) is 0.231. The number of nitrogens with zero attached hydrogens (tertiary/aromatic N) is 4. The lowest BCUT2D eigenvalue weighted by Crippen LogP contribution is -2.38. The Morgan fingerprint density at radius 3 is 1.27 bits per heavy atom. The molecule has 0 radical (unpaired) electrons. The summed E-state index contributed by atoms with van der Waals surface area (Å²) in [5.41, 5.74) is 0.747. The van der Waals surface area contributed by atoms with Crippen LogP contribution < -0.4 is 9.47 Å². The standard InChI is InChI=1S/C52H30F4N4O4S2/c1-59-41(23-57)45-27-17-37(53)39(55)19-29(27)47(61)33(45)13-25-15-35-49(65-25)31-21-44-32(22-43(31)63-51(35)9-5-3-6-10-51)50-36(52(64-44)11-7-4-8-12-52)16-26(66-50)14-34-46(42(24-58)60-2)28-18-38(54)40(56)20-30(28)48(34)62/h13-22H,3-12H2/b33-13-,34-14-,45-41-,46-42+. The minimum Gasteiger partial charge on any atom is -0.482 e. The largest absolute Gasteiger partial charge is 0.482 e. The van der Waals surface area contributed by atoms with Crippen LogP contribution in [0.5, 0.6) is 11.5 Å². The number of rotatable bonds is 2. The number of ketones is 2. The maximum absolute atomic E-state index is 14.6. The zero-order valence-corrected chi connectivity index (χ0v) is 36.2. The number of ether oxygens (including phenoxy) is 2. The summed E-state index contributed by atoms with van der Waals surface area (Å²) in [6.07, 6.45) is 11.7. The maximum Gasteiger partial charge on any atom is 0.270 e. The minimum absolute atomic E-state index is 0.00736. The van der Waals surface area contributed by atoms with Crippen LogP contribution in [0.4, 0.5) is 17.6 Å². The number of allylic oxidation sites excluding steroid dienone is 6. The van der Waals surface area contributed by atoms with Gasteiger partial charge in [-0.25, -0.2) is 37.8 Å². The number of hydrogen-bond acceptors (Lipinski definition) is 8. The van der Waals surface area contributed by atoms with Gasteiger partial charge in [0.15, 0.2) is 34.8 Å². The van der Waals surface area contributed by atoms with Gasteiger partial charge in [0.05, 0.1) is 25.3 Å². The second-order valence-electron chi connectivity index (χ2n) is 17.2. The Bertz CT molecular complexity index is 3160. The van der Waals surface area contributed by atoms with Crippen LogP contribution in [0.2, 0.25) is 0 Å². The van der Waals surface area contributed by atoms with Crippen LogP contribution in [0.1, 0.15) is 117 Å². The molecule has 11 rings (SSSR count). The Kier molecular flexibility index (Phi) is 9.46. The molecule has 0 atom stereocenters. The van der Waals surface area contributed by atoms with Gasteiger partial charge in [0.2, 0.25) is 0 Å². The summed E-state index contributed by atoms with van der Waals surface area (Å²) < 4.78 is 72.4. The molecule has 0 amide bonds. The van der Waals surface area contributed by atoms with E-state index in [9.17, 15) is 37.7 Å². The van der Waals surface area contributed by atoms with E-state index in [1.165, 1.54) is 22.7 Å². The topological polar surface area (TPSA) is 109 Å². The fourth-order valence-corrected chi connectivity index (χ4v) is 13.1. The molecule has 2 fully saturated rings. The summed E-state index contributed by atoms with van der Waals surface area (Å²) in [6.45, 7) is 15.4. The van der Waals surface area contributed by atoms with Gasteiger partial charge < -0.3 is 9.47 Å². The van der Waals surface area contributed by atoms with E-state index in [0.29, 0.717) is 46.9 Å². The van der Waals surface area contributed by atoms with Gasteiger partial charge in [-0.15, -0.1) is 22.7 Å². The van der Waals surface area contributed by atoms with E-state index in [1.54, 1.807) is 12.2 Å². The first kappa shape index (κ1) is 41.4. The van der Waals surface area contributed by atoms with Crippen molar-refractivity contribution in [1.29, 1.82) is 10.5 Å². The van der Waals surface area contributed by atoms with Crippen molar-refractivity contribution in [3.05, 3.63) is 160 Å². The lowest BCUT2D eigenvalue weighted by molar-refractivity contribution is 0.0203. The van der Waals surface area contributed by atoms with E-state index >= 15 is 0 Å². The summed E-state index contributed by atoms with van der Waals surface area (Å²) in [4.78, 5) is 37.5. The number of fused-ring (bicyclic) bond motifs is 10. The SMILES string of the molecule is [C-]#[N+]/C(C#N)=C1\C(=C\c2cc3c(s2)-c2cc4c(cc2OC32CCCCC2)-c2sc(/C=C3\C(=O)c5cc(F)c(F)cc5\C3=C(\C#N)[N+]#[C-])cc2C2(CCCCC2)O4)C(=O)c2cc(F)c(F)cc21. The van der Waals surface area contributed by atoms with Gasteiger partial charge in [-0.05, 0) is 123 Å². The molecule has 2 aliphatic heterocycles. The zero-order valence-electron chi connectivity index (χ0n) is 34.6. The summed E-state index contributed by atoms with van der Waals surface area (Å²) in [7, 11) is 0. The molecule has 322 valence electrons. The third kappa shape index (κ3) is 6.02. The number of nitriles is 2. The molecule has 8 nitrogen and oxygen atoms in total. The molecule has 2 saturated carbocycles. The lowest BCUT2D eigenvalue weighted by atomic mass is 9.76. The quantitative estimate of drug-likeness (QED) is 0.0755. The molecular formula is C52H30F4N4O4S2. The Labute approximate surface area is 383 Å². The monoisotopic (exact) mass is 914 g/mol. The van der Waals surface area contributed by atoms with E-state index in [-0.39, 0.29) is 44.5 Å². The van der Waals surface area contributed by atoms with E-state index in [1.807, 2.05) is 36.4 Å². The molecule has 66 heavy (non-hydrogen) atoms. The summed E-state index contributed by atoms with van der Waals surface area (Å²) in [5, 5.41) is 19.8. The normalized spacial score (nSPS) is 20.7. The molecule has 2 spiro atoms. The van der Waals surface area contributed by atoms with Crippen LogP contribution >= 0.6 is 22.7 Å². The molecule has 0 saturated heterocycles. The van der Waals surface area contributed by atoms with E-state index < -0.39 is 57.4 Å². The number of Topliss-reactive ketones (excluding diaryl/α,β-unsaturated/α-hetero) is 2. The van der Waals surface area contributed by atoms with Crippen molar-refractivity contribution in [3.8, 4) is 44.5 Å². The number of halogens is 4. The van der Waals surface area contributed by atoms with Crippen molar-refractivity contribution in [3.63, 3.8) is 0 Å². The van der Waals surface area contributed by atoms with Crippen LogP contribution in [-0.4, -0.2) is 11.6 Å². The van der Waals surface area contributed by atoms with Crippen LogP contribution in [0, 0.1) is 59.1 Å². The Hall–Kier alpha value is -7.36. The molecule has 2 aromatic heterocycles. The zero-order chi connectivity index (χ0) is 45.8. The molecule has 5 aromatic rings. The molecule has 0 bridgehead atoms. The van der Waals surface area contributed by atoms with Crippen molar-refractivity contribution in [2.45, 2.75) is 75.4 Å². The van der Waals surface area contributed by atoms with Gasteiger partial charge in [0.1, 0.15) is 22.7 Å². The average Bonchev–Trinajstić information content (AvgIpc) is 4.07. The molecular weight excluding hydrogens is 885 g/mol. The van der Waals surface area contributed by atoms with Gasteiger partial charge in [0.25, 0.3) is 11.4 Å². The number of benzene rings is 3. The first-order valence-corrected chi connectivity index (χ1v) is 23.0. The fourth-order valence-electron chi connectivity index (χ4n) is 10.7. The van der Waals surface area contributed by atoms with Crippen molar-refractivity contribution in [2.75, 3.05) is 0 Å². The predicted molar refractivity (Wildman–Crippen MR) is 239 cm³/mol. The van der Waals surface area contributed by atoms with E-state index in [0.717, 1.165) is 94.8 Å². The third-order valence-corrected chi connectivity index (χ3v) is 15.9. The highest BCUT2D eigenvalue weighted by atomic mass is 32.1. The van der Waals surface area contributed by atoms with Gasteiger partial charge in [-0.1, -0.05) is 12.8 Å². The van der Waals surface area contributed by atoms with Gasteiger partial charge in [-0.2, -0.15) is 0 Å². The van der Waals surface area contributed by atoms with Crippen LogP contribution in [-0.2, 0) is 11.2 Å². The molecule has 6 aliphatic rings. The molecule has 0 N–H and O–H groups in total. The summed E-state index contributed by atoms with van der Waals surface area (Å²) in [5.74, 6) is -4.84. The number of hydrogen-bond donors (Lipinski definition) is 0. The highest BCUT2D eigenvalue weighted by Gasteiger charge is 2.47. The first-order chi connectivity index (χ1) is 31.9. The number of thiophene rings is 2. The predicted octanol–water partition coefficient (Wildman–Crippen LogP) is 13.7. The Morgan fingerprint density at radius 1 is 0.561 bits per heavy atom. The first-order valence-electron chi connectivity index (χ1n) is 21.3. The highest BCUT2D eigenvalue weighted by Crippen LogP contribution is 2.61. The second kappa shape index (κ2) is 15.1. The van der Waals surface area contributed by atoms with Crippen LogP contribution in [0.3, 0.4) is 0 Å². The molecule has 3 aromatic carbocycles. The lowest BCUT2D eigenvalue weighted by Gasteiger charge is -2.44. The molecule has 4 aliphatic carbocycles. The van der Waals surface area contributed by atoms with Crippen molar-refractivity contribution in [2.24, 2.45) is 0 Å². The second-order valence-corrected chi connectivity index (χ2v) is 19.4. The molecule has 0 unspecified atom stereocenters. The maximum atomic E-state index is 14.6. The third-order valence-electron chi connectivity index (χ3n) is 13.6. The molecule has 4 heterocycles. The minimum atomic E-state index is -1.21. The van der Waals surface area contributed by atoms with Crippen molar-refractivity contribution in [1.82, 2.24) is 0 Å².